The second-order valence-electron chi connectivity index (χ2n) is 6.47. The predicted molar refractivity (Wildman–Crippen MR) is 94.6 cm³/mol. The maximum atomic E-state index is 13.1. The molecule has 2 aromatic rings. The predicted octanol–water partition coefficient (Wildman–Crippen LogP) is 4.05. The first-order valence-electron chi connectivity index (χ1n) is 8.41. The summed E-state index contributed by atoms with van der Waals surface area (Å²) in [6.45, 7) is 6.29. The molecule has 0 aliphatic carbocycles. The van der Waals surface area contributed by atoms with Gasteiger partial charge in [-0.3, -0.25) is 14.7 Å². The molecule has 1 aliphatic rings. The molecule has 1 amide bonds. The van der Waals surface area contributed by atoms with Crippen LogP contribution in [0, 0.1) is 13.8 Å². The van der Waals surface area contributed by atoms with Crippen molar-refractivity contribution >= 4 is 23.0 Å². The van der Waals surface area contributed by atoms with Gasteiger partial charge in [-0.25, -0.2) is 0 Å². The van der Waals surface area contributed by atoms with Gasteiger partial charge in [0.05, 0.1) is 16.6 Å². The molecule has 1 saturated heterocycles. The topological polar surface area (TPSA) is 66.1 Å². The zero-order chi connectivity index (χ0) is 17.3. The number of hydrogen-bond acceptors (Lipinski definition) is 4. The van der Waals surface area contributed by atoms with Crippen molar-refractivity contribution in [3.8, 4) is 0 Å². The van der Waals surface area contributed by atoms with Gasteiger partial charge >= 0.3 is 0 Å². The molecule has 6 heteroatoms. The first-order valence-corrected chi connectivity index (χ1v) is 9.29. The number of aromatic nitrogens is 2. The van der Waals surface area contributed by atoms with Crippen molar-refractivity contribution in [2.45, 2.75) is 52.5 Å². The summed E-state index contributed by atoms with van der Waals surface area (Å²) < 4.78 is 0. The number of thiophene rings is 1. The number of Topliss-reactive ketones (excluding diaryl/α,β-unsaturated/α-hetero) is 1. The van der Waals surface area contributed by atoms with Gasteiger partial charge in [0, 0.05) is 28.7 Å². The number of rotatable bonds is 3. The Labute approximate surface area is 146 Å². The number of nitrogens with one attached hydrogen (secondary N) is 1. The molecule has 1 atom stereocenters. The lowest BCUT2D eigenvalue weighted by Crippen LogP contribution is -2.34. The molecule has 0 radical (unpaired) electrons. The van der Waals surface area contributed by atoms with Gasteiger partial charge in [0.2, 0.25) is 0 Å². The van der Waals surface area contributed by atoms with Crippen LogP contribution in [0.1, 0.15) is 75.6 Å². The van der Waals surface area contributed by atoms with Gasteiger partial charge in [0.15, 0.2) is 5.78 Å². The summed E-state index contributed by atoms with van der Waals surface area (Å²) in [5.41, 5.74) is 3.76. The Morgan fingerprint density at radius 2 is 2.08 bits per heavy atom. The maximum absolute atomic E-state index is 13.1. The molecule has 2 aromatic heterocycles. The second-order valence-corrected chi connectivity index (χ2v) is 7.38. The summed E-state index contributed by atoms with van der Waals surface area (Å²) in [6.07, 6.45) is 4.22. The van der Waals surface area contributed by atoms with E-state index in [2.05, 4.69) is 10.2 Å². The molecular weight excluding hydrogens is 322 g/mol. The minimum Gasteiger partial charge on any atom is -0.331 e. The first-order chi connectivity index (χ1) is 11.5. The number of aromatic amines is 1. The number of H-pyrrole nitrogens is 1. The van der Waals surface area contributed by atoms with Crippen LogP contribution in [0.15, 0.2) is 11.4 Å². The Kier molecular flexibility index (Phi) is 4.85. The number of aryl methyl sites for hydroxylation is 2. The van der Waals surface area contributed by atoms with E-state index in [-0.39, 0.29) is 17.7 Å². The lowest BCUT2D eigenvalue weighted by molar-refractivity contribution is 0.0685. The summed E-state index contributed by atoms with van der Waals surface area (Å²) in [6, 6.07) is 1.79. The highest BCUT2D eigenvalue weighted by molar-refractivity contribution is 7.12. The molecule has 128 valence electrons. The third-order valence-electron chi connectivity index (χ3n) is 4.75. The summed E-state index contributed by atoms with van der Waals surface area (Å²) in [5.74, 6) is 0.0265. The van der Waals surface area contributed by atoms with Crippen molar-refractivity contribution in [3.05, 3.63) is 38.8 Å². The van der Waals surface area contributed by atoms with Crippen LogP contribution in [0.4, 0.5) is 0 Å². The minimum atomic E-state index is -0.000704. The van der Waals surface area contributed by atoms with Crippen LogP contribution in [-0.2, 0) is 0 Å². The van der Waals surface area contributed by atoms with E-state index in [4.69, 9.17) is 0 Å². The standard InChI is InChI=1S/C18H23N3O2S/c1-11-17(12(2)20-19-11)15-7-5-4-6-8-21(15)18(23)16-9-14(10-24-16)13(3)22/h9-10,15H,4-8H2,1-3H3,(H,19,20)/t15-/m1/s1. The van der Waals surface area contributed by atoms with Gasteiger partial charge in [0.1, 0.15) is 0 Å². The van der Waals surface area contributed by atoms with Gasteiger partial charge < -0.3 is 4.90 Å². The normalized spacial score (nSPS) is 18.5. The Morgan fingerprint density at radius 3 is 2.71 bits per heavy atom. The van der Waals surface area contributed by atoms with Crippen molar-refractivity contribution < 1.29 is 9.59 Å². The Bertz CT molecular complexity index is 743. The Morgan fingerprint density at radius 1 is 1.29 bits per heavy atom. The van der Waals surface area contributed by atoms with Crippen LogP contribution in [-0.4, -0.2) is 33.3 Å². The van der Waals surface area contributed by atoms with Crippen molar-refractivity contribution in [2.75, 3.05) is 6.54 Å². The molecule has 1 aliphatic heterocycles. The van der Waals surface area contributed by atoms with Crippen LogP contribution in [0.25, 0.3) is 0 Å². The third kappa shape index (κ3) is 3.15. The van der Waals surface area contributed by atoms with Gasteiger partial charge in [-0.2, -0.15) is 5.10 Å². The highest BCUT2D eigenvalue weighted by atomic mass is 32.1. The quantitative estimate of drug-likeness (QED) is 0.854. The minimum absolute atomic E-state index is 0.000704. The third-order valence-corrected chi connectivity index (χ3v) is 5.67. The first kappa shape index (κ1) is 16.9. The van der Waals surface area contributed by atoms with E-state index in [1.54, 1.807) is 11.4 Å². The van der Waals surface area contributed by atoms with Crippen LogP contribution < -0.4 is 0 Å². The summed E-state index contributed by atoms with van der Waals surface area (Å²) in [5, 5.41) is 9.13. The lowest BCUT2D eigenvalue weighted by Gasteiger charge is -2.30. The van der Waals surface area contributed by atoms with Gasteiger partial charge in [-0.05, 0) is 39.7 Å². The average molecular weight is 345 g/mol. The molecule has 1 fully saturated rings. The van der Waals surface area contributed by atoms with E-state index >= 15 is 0 Å². The highest BCUT2D eigenvalue weighted by Crippen LogP contribution is 2.34. The summed E-state index contributed by atoms with van der Waals surface area (Å²) in [7, 11) is 0. The summed E-state index contributed by atoms with van der Waals surface area (Å²) in [4.78, 5) is 27.3. The van der Waals surface area contributed by atoms with Crippen LogP contribution in [0.2, 0.25) is 0 Å². The number of likely N-dealkylation sites (tertiary alicyclic amines) is 1. The molecule has 24 heavy (non-hydrogen) atoms. The van der Waals surface area contributed by atoms with Crippen molar-refractivity contribution in [1.82, 2.24) is 15.1 Å². The number of carbonyl (C=O) groups excluding carboxylic acids is 2. The molecule has 1 N–H and O–H groups in total. The van der Waals surface area contributed by atoms with E-state index < -0.39 is 0 Å². The van der Waals surface area contributed by atoms with Gasteiger partial charge in [-0.1, -0.05) is 12.8 Å². The molecule has 0 bridgehead atoms. The van der Waals surface area contributed by atoms with Crippen LogP contribution >= 0.6 is 11.3 Å². The fourth-order valence-corrected chi connectivity index (χ4v) is 4.38. The number of hydrogen-bond donors (Lipinski definition) is 1. The number of amides is 1. The molecule has 3 rings (SSSR count). The SMILES string of the molecule is CC(=O)c1csc(C(=O)N2CCCCC[C@@H]2c2c(C)n[nH]c2C)c1. The number of carbonyl (C=O) groups is 2. The van der Waals surface area contributed by atoms with Crippen LogP contribution in [0.3, 0.4) is 0 Å². The average Bonchev–Trinajstić information content (AvgIpc) is 3.08. The zero-order valence-electron chi connectivity index (χ0n) is 14.4. The molecular formula is C18H23N3O2S. The highest BCUT2D eigenvalue weighted by Gasteiger charge is 2.31. The zero-order valence-corrected chi connectivity index (χ0v) is 15.2. The molecule has 3 heterocycles. The lowest BCUT2D eigenvalue weighted by atomic mass is 9.98. The summed E-state index contributed by atoms with van der Waals surface area (Å²) >= 11 is 1.36. The maximum Gasteiger partial charge on any atom is 0.264 e. The fraction of sp³-hybridized carbons (Fsp3) is 0.500. The molecule has 0 unspecified atom stereocenters. The van der Waals surface area contributed by atoms with Gasteiger partial charge in [0.25, 0.3) is 5.91 Å². The molecule has 5 nitrogen and oxygen atoms in total. The fourth-order valence-electron chi connectivity index (χ4n) is 3.48. The van der Waals surface area contributed by atoms with Gasteiger partial charge in [-0.15, -0.1) is 11.3 Å². The Hall–Kier alpha value is -1.95. The second kappa shape index (κ2) is 6.89. The molecule has 0 spiro atoms. The smallest absolute Gasteiger partial charge is 0.264 e. The number of nitrogens with zero attached hydrogens (tertiary/aromatic N) is 2. The van der Waals surface area contributed by atoms with E-state index in [0.29, 0.717) is 10.4 Å². The van der Waals surface area contributed by atoms with E-state index in [0.717, 1.165) is 49.2 Å². The molecule has 0 aromatic carbocycles. The van der Waals surface area contributed by atoms with E-state index in [9.17, 15) is 9.59 Å². The monoisotopic (exact) mass is 345 g/mol. The number of ketones is 1. The largest absolute Gasteiger partial charge is 0.331 e. The molecule has 0 saturated carbocycles. The van der Waals surface area contributed by atoms with Crippen molar-refractivity contribution in [1.29, 1.82) is 0 Å². The van der Waals surface area contributed by atoms with E-state index in [1.807, 2.05) is 18.7 Å². The van der Waals surface area contributed by atoms with Crippen molar-refractivity contribution in [2.24, 2.45) is 0 Å². The van der Waals surface area contributed by atoms with E-state index in [1.165, 1.54) is 18.3 Å². The van der Waals surface area contributed by atoms with Crippen LogP contribution in [0.5, 0.6) is 0 Å². The van der Waals surface area contributed by atoms with Crippen molar-refractivity contribution in [3.63, 3.8) is 0 Å². The Balaban J connectivity index is 1.95.